The summed E-state index contributed by atoms with van der Waals surface area (Å²) < 4.78 is 10.7. The zero-order valence-electron chi connectivity index (χ0n) is 15.9. The average molecular weight is 369 g/mol. The van der Waals surface area contributed by atoms with Gasteiger partial charge in [0.05, 0.1) is 13.2 Å². The van der Waals surface area contributed by atoms with Crippen LogP contribution in [0.2, 0.25) is 0 Å². The molecule has 0 saturated carbocycles. The van der Waals surface area contributed by atoms with E-state index in [4.69, 9.17) is 9.47 Å². The van der Waals surface area contributed by atoms with Gasteiger partial charge in [-0.3, -0.25) is 4.79 Å². The number of rotatable bonds is 10. The number of esters is 1. The van der Waals surface area contributed by atoms with E-state index in [1.54, 1.807) is 31.2 Å². The maximum absolute atomic E-state index is 12.6. The normalized spacial score (nSPS) is 11.5. The molecular weight excluding hydrogens is 342 g/mol. The molecule has 2 aromatic rings. The third-order valence-corrected chi connectivity index (χ3v) is 4.04. The molecule has 0 aliphatic rings. The smallest absolute Gasteiger partial charge is 0.328 e. The monoisotopic (exact) mass is 369 g/mol. The summed E-state index contributed by atoms with van der Waals surface area (Å²) in [7, 11) is 0. The number of carbonyl (C=O) groups excluding carboxylic acids is 2. The standard InChI is InChI=1S/C22H27NO4/c1-3-5-15-27-19-13-11-18(12-14-19)21(24)23-20(22(25)26-4-2)16-17-9-7-6-8-10-17/h6-14,20H,3-5,15-16H2,1-2H3,(H,23,24). The van der Waals surface area contributed by atoms with E-state index in [1.165, 1.54) is 0 Å². The quantitative estimate of drug-likeness (QED) is 0.511. The van der Waals surface area contributed by atoms with E-state index in [2.05, 4.69) is 12.2 Å². The Balaban J connectivity index is 2.02. The van der Waals surface area contributed by atoms with E-state index in [9.17, 15) is 9.59 Å². The molecule has 0 radical (unpaired) electrons. The summed E-state index contributed by atoms with van der Waals surface area (Å²) in [5, 5.41) is 2.78. The lowest BCUT2D eigenvalue weighted by atomic mass is 10.1. The highest BCUT2D eigenvalue weighted by Crippen LogP contribution is 2.13. The van der Waals surface area contributed by atoms with Crippen molar-refractivity contribution in [1.29, 1.82) is 0 Å². The van der Waals surface area contributed by atoms with Crippen LogP contribution in [0.1, 0.15) is 42.6 Å². The Labute approximate surface area is 160 Å². The Bertz CT molecular complexity index is 713. The molecule has 0 aliphatic heterocycles. The van der Waals surface area contributed by atoms with Gasteiger partial charge in [-0.05, 0) is 43.2 Å². The molecule has 2 rings (SSSR count). The maximum Gasteiger partial charge on any atom is 0.328 e. The zero-order chi connectivity index (χ0) is 19.5. The van der Waals surface area contributed by atoms with Gasteiger partial charge in [0.1, 0.15) is 11.8 Å². The van der Waals surface area contributed by atoms with Crippen LogP contribution in [0, 0.1) is 0 Å². The molecule has 0 spiro atoms. The van der Waals surface area contributed by atoms with Crippen molar-refractivity contribution in [2.24, 2.45) is 0 Å². The molecule has 0 bridgehead atoms. The fraction of sp³-hybridized carbons (Fsp3) is 0.364. The van der Waals surface area contributed by atoms with Crippen LogP contribution in [-0.2, 0) is 16.0 Å². The molecule has 1 atom stereocenters. The van der Waals surface area contributed by atoms with Crippen LogP contribution in [0.5, 0.6) is 5.75 Å². The van der Waals surface area contributed by atoms with E-state index >= 15 is 0 Å². The van der Waals surface area contributed by atoms with Crippen molar-refractivity contribution in [3.8, 4) is 5.75 Å². The summed E-state index contributed by atoms with van der Waals surface area (Å²) in [4.78, 5) is 24.8. The third-order valence-electron chi connectivity index (χ3n) is 4.04. The molecule has 144 valence electrons. The topological polar surface area (TPSA) is 64.6 Å². The number of carbonyl (C=O) groups is 2. The van der Waals surface area contributed by atoms with Crippen LogP contribution in [0.4, 0.5) is 0 Å². The Hall–Kier alpha value is -2.82. The molecule has 5 nitrogen and oxygen atoms in total. The number of nitrogens with one attached hydrogen (secondary N) is 1. The first-order valence-corrected chi connectivity index (χ1v) is 9.38. The minimum atomic E-state index is -0.736. The maximum atomic E-state index is 12.6. The molecular formula is C22H27NO4. The van der Waals surface area contributed by atoms with E-state index < -0.39 is 12.0 Å². The van der Waals surface area contributed by atoms with Crippen LogP contribution in [0.3, 0.4) is 0 Å². The molecule has 5 heteroatoms. The Morgan fingerprint density at radius 3 is 2.33 bits per heavy atom. The lowest BCUT2D eigenvalue weighted by Crippen LogP contribution is -2.43. The molecule has 1 N–H and O–H groups in total. The number of benzene rings is 2. The summed E-state index contributed by atoms with van der Waals surface area (Å²) in [5.74, 6) is -0.0236. The number of ether oxygens (including phenoxy) is 2. The van der Waals surface area contributed by atoms with Gasteiger partial charge in [-0.1, -0.05) is 43.7 Å². The molecule has 2 aromatic carbocycles. The van der Waals surface area contributed by atoms with Crippen molar-refractivity contribution in [2.45, 2.75) is 39.2 Å². The van der Waals surface area contributed by atoms with E-state index in [-0.39, 0.29) is 12.5 Å². The van der Waals surface area contributed by atoms with Gasteiger partial charge in [0, 0.05) is 12.0 Å². The second kappa shape index (κ2) is 11.0. The van der Waals surface area contributed by atoms with Crippen LogP contribution >= 0.6 is 0 Å². The molecule has 1 unspecified atom stereocenters. The van der Waals surface area contributed by atoms with Crippen molar-refractivity contribution in [2.75, 3.05) is 13.2 Å². The molecule has 0 fully saturated rings. The summed E-state index contributed by atoms with van der Waals surface area (Å²) >= 11 is 0. The van der Waals surface area contributed by atoms with Gasteiger partial charge in [-0.2, -0.15) is 0 Å². The molecule has 0 aliphatic carbocycles. The second-order valence-corrected chi connectivity index (χ2v) is 6.19. The highest BCUT2D eigenvalue weighted by molar-refractivity contribution is 5.96. The fourth-order valence-electron chi connectivity index (χ4n) is 2.56. The predicted molar refractivity (Wildman–Crippen MR) is 105 cm³/mol. The van der Waals surface area contributed by atoms with Crippen LogP contribution in [-0.4, -0.2) is 31.1 Å². The van der Waals surface area contributed by atoms with Gasteiger partial charge < -0.3 is 14.8 Å². The number of unbranched alkanes of at least 4 members (excludes halogenated alkanes) is 1. The first-order chi connectivity index (χ1) is 13.1. The van der Waals surface area contributed by atoms with Crippen LogP contribution in [0.25, 0.3) is 0 Å². The third kappa shape index (κ3) is 6.77. The first-order valence-electron chi connectivity index (χ1n) is 9.38. The number of hydrogen-bond acceptors (Lipinski definition) is 4. The summed E-state index contributed by atoms with van der Waals surface area (Å²) in [6, 6.07) is 15.7. The van der Waals surface area contributed by atoms with Crippen LogP contribution < -0.4 is 10.1 Å². The largest absolute Gasteiger partial charge is 0.494 e. The summed E-state index contributed by atoms with van der Waals surface area (Å²) in [5.41, 5.74) is 1.43. The summed E-state index contributed by atoms with van der Waals surface area (Å²) in [6.45, 7) is 4.77. The number of amides is 1. The van der Waals surface area contributed by atoms with Gasteiger partial charge in [0.15, 0.2) is 0 Å². The van der Waals surface area contributed by atoms with E-state index in [1.807, 2.05) is 30.3 Å². The minimum absolute atomic E-state index is 0.268. The van der Waals surface area contributed by atoms with Crippen molar-refractivity contribution in [1.82, 2.24) is 5.32 Å². The Kier molecular flexibility index (Phi) is 8.36. The van der Waals surface area contributed by atoms with E-state index in [0.717, 1.165) is 24.2 Å². The Morgan fingerprint density at radius 2 is 1.70 bits per heavy atom. The van der Waals surface area contributed by atoms with Crippen molar-refractivity contribution in [3.05, 3.63) is 65.7 Å². The van der Waals surface area contributed by atoms with Gasteiger partial charge in [0.25, 0.3) is 5.91 Å². The highest BCUT2D eigenvalue weighted by Gasteiger charge is 2.23. The van der Waals surface area contributed by atoms with E-state index in [0.29, 0.717) is 18.6 Å². The highest BCUT2D eigenvalue weighted by atomic mass is 16.5. The van der Waals surface area contributed by atoms with Gasteiger partial charge >= 0.3 is 5.97 Å². The summed E-state index contributed by atoms with van der Waals surface area (Å²) in [6.07, 6.45) is 2.43. The predicted octanol–water partition coefficient (Wildman–Crippen LogP) is 3.77. The number of hydrogen-bond donors (Lipinski definition) is 1. The lowest BCUT2D eigenvalue weighted by molar-refractivity contribution is -0.145. The van der Waals surface area contributed by atoms with Gasteiger partial charge in [-0.25, -0.2) is 4.79 Å². The molecule has 0 heterocycles. The molecule has 0 aromatic heterocycles. The van der Waals surface area contributed by atoms with Crippen molar-refractivity contribution >= 4 is 11.9 Å². The van der Waals surface area contributed by atoms with Gasteiger partial charge in [-0.15, -0.1) is 0 Å². The second-order valence-electron chi connectivity index (χ2n) is 6.19. The van der Waals surface area contributed by atoms with Gasteiger partial charge in [0.2, 0.25) is 0 Å². The fourth-order valence-corrected chi connectivity index (χ4v) is 2.56. The SMILES string of the molecule is CCCCOc1ccc(C(=O)NC(Cc2ccccc2)C(=O)OCC)cc1. The van der Waals surface area contributed by atoms with Crippen LogP contribution in [0.15, 0.2) is 54.6 Å². The molecule has 0 saturated heterocycles. The Morgan fingerprint density at radius 1 is 1.00 bits per heavy atom. The zero-order valence-corrected chi connectivity index (χ0v) is 15.9. The van der Waals surface area contributed by atoms with Crippen molar-refractivity contribution < 1.29 is 19.1 Å². The molecule has 1 amide bonds. The van der Waals surface area contributed by atoms with Crippen molar-refractivity contribution in [3.63, 3.8) is 0 Å². The average Bonchev–Trinajstić information content (AvgIpc) is 2.69. The minimum Gasteiger partial charge on any atom is -0.494 e. The molecule has 27 heavy (non-hydrogen) atoms. The first kappa shape index (κ1) is 20.5. The lowest BCUT2D eigenvalue weighted by Gasteiger charge is -2.17.